The van der Waals surface area contributed by atoms with Gasteiger partial charge in [-0.1, -0.05) is 30.7 Å². The maximum Gasteiger partial charge on any atom is 1.00 e. The van der Waals surface area contributed by atoms with E-state index in [1.54, 1.807) is 24.3 Å². The number of nitrogens with zero attached hydrogens (tertiary/aromatic N) is 3. The summed E-state index contributed by atoms with van der Waals surface area (Å²) in [6.07, 6.45) is 1.74. The first-order valence-corrected chi connectivity index (χ1v) is 8.96. The molecule has 126 valence electrons. The smallest absolute Gasteiger partial charge is 0.744 e. The predicted octanol–water partition coefficient (Wildman–Crippen LogP) is -0.623. The number of rotatable bonds is 5. The summed E-state index contributed by atoms with van der Waals surface area (Å²) in [6.45, 7) is 1.94. The fourth-order valence-corrected chi connectivity index (χ4v) is 3.61. The van der Waals surface area contributed by atoms with Crippen LogP contribution in [0.3, 0.4) is 0 Å². The number of aromatic nitrogens is 3. The van der Waals surface area contributed by atoms with Crippen LogP contribution in [-0.4, -0.2) is 33.1 Å². The summed E-state index contributed by atoms with van der Waals surface area (Å²) in [7, 11) is -4.81. The summed E-state index contributed by atoms with van der Waals surface area (Å²) >= 11 is 0. The van der Waals surface area contributed by atoms with Gasteiger partial charge in [-0.25, -0.2) is 13.1 Å². The quantitative estimate of drug-likeness (QED) is 0.474. The van der Waals surface area contributed by atoms with Crippen molar-refractivity contribution in [2.75, 3.05) is 0 Å². The molecule has 0 saturated heterocycles. The zero-order valence-corrected chi connectivity index (χ0v) is 16.8. The first-order chi connectivity index (χ1) is 11.4. The zero-order chi connectivity index (χ0) is 17.3. The Labute approximate surface area is 167 Å². The van der Waals surface area contributed by atoms with Crippen molar-refractivity contribution >= 4 is 21.2 Å². The number of phenols is 1. The fraction of sp³-hybridized carbons (Fsp3) is 0.250. The molecule has 0 fully saturated rings. The Morgan fingerprint density at radius 2 is 1.92 bits per heavy atom. The van der Waals surface area contributed by atoms with E-state index in [0.717, 1.165) is 6.42 Å². The molecule has 25 heavy (non-hydrogen) atoms. The Hall–Kier alpha value is -1.45. The van der Waals surface area contributed by atoms with Gasteiger partial charge in [0.25, 0.3) is 0 Å². The molecular weight excluding hydrogens is 353 g/mol. The van der Waals surface area contributed by atoms with Gasteiger partial charge in [0.2, 0.25) is 0 Å². The Bertz CT molecular complexity index is 1000. The van der Waals surface area contributed by atoms with Crippen LogP contribution < -0.4 is 29.6 Å². The van der Waals surface area contributed by atoms with Crippen LogP contribution >= 0.6 is 0 Å². The van der Waals surface area contributed by atoms with E-state index in [0.29, 0.717) is 23.9 Å². The largest absolute Gasteiger partial charge is 1.00 e. The van der Waals surface area contributed by atoms with Crippen molar-refractivity contribution in [1.82, 2.24) is 15.0 Å². The molecular formula is C16H16N3NaO4S. The van der Waals surface area contributed by atoms with E-state index in [-0.39, 0.29) is 46.6 Å². The molecule has 0 aliphatic heterocycles. The van der Waals surface area contributed by atoms with E-state index < -0.39 is 15.0 Å². The number of aromatic hydroxyl groups is 1. The summed E-state index contributed by atoms with van der Waals surface area (Å²) in [5.41, 5.74) is 1.39. The molecule has 0 spiro atoms. The van der Waals surface area contributed by atoms with Crippen LogP contribution in [0.5, 0.6) is 5.75 Å². The van der Waals surface area contributed by atoms with Crippen LogP contribution in [0.4, 0.5) is 0 Å². The third kappa shape index (κ3) is 3.88. The molecule has 0 bridgehead atoms. The van der Waals surface area contributed by atoms with Gasteiger partial charge >= 0.3 is 29.6 Å². The molecule has 1 aromatic heterocycles. The van der Waals surface area contributed by atoms with Crippen molar-refractivity contribution in [3.8, 4) is 11.4 Å². The van der Waals surface area contributed by atoms with Crippen molar-refractivity contribution in [3.05, 3.63) is 42.0 Å². The molecule has 0 aliphatic carbocycles. The first kappa shape index (κ1) is 19.9. The molecule has 1 heterocycles. The maximum absolute atomic E-state index is 11.9. The van der Waals surface area contributed by atoms with Gasteiger partial charge in [-0.05, 0) is 37.1 Å². The number of unbranched alkanes of at least 4 members (excludes halogenated alkanes) is 1. The van der Waals surface area contributed by atoms with Crippen LogP contribution in [-0.2, 0) is 16.5 Å². The minimum atomic E-state index is -4.81. The van der Waals surface area contributed by atoms with Crippen molar-refractivity contribution in [2.45, 2.75) is 31.1 Å². The van der Waals surface area contributed by atoms with Gasteiger partial charge < -0.3 is 9.66 Å². The molecule has 0 saturated carbocycles. The van der Waals surface area contributed by atoms with Gasteiger partial charge in [-0.2, -0.15) is 0 Å². The minimum absolute atomic E-state index is 0. The Morgan fingerprint density at radius 1 is 1.20 bits per heavy atom. The van der Waals surface area contributed by atoms with Crippen molar-refractivity contribution in [3.63, 3.8) is 0 Å². The normalized spacial score (nSPS) is 11.4. The van der Waals surface area contributed by atoms with Gasteiger partial charge in [0.05, 0.1) is 16.1 Å². The molecule has 3 aromatic rings. The molecule has 0 amide bonds. The summed E-state index contributed by atoms with van der Waals surface area (Å²) in [5, 5.41) is 18.0. The zero-order valence-electron chi connectivity index (χ0n) is 14.0. The monoisotopic (exact) mass is 369 g/mol. The van der Waals surface area contributed by atoms with Crippen LogP contribution in [0, 0.1) is 0 Å². The standard InChI is InChI=1S/C16H17N3O4S.Na/c1-2-3-6-11-15(20)10-9-14(16(11)24(21,22)23)19-13-8-5-4-7-12(13)17-18-19;/h4-5,7-10,20H,2-3,6H2,1H3,(H,21,22,23);/q;+1/p-1. The van der Waals surface area contributed by atoms with Crippen molar-refractivity contribution in [2.24, 2.45) is 0 Å². The number of benzene rings is 2. The summed E-state index contributed by atoms with van der Waals surface area (Å²) in [4.78, 5) is -0.438. The molecule has 0 radical (unpaired) electrons. The Balaban J connectivity index is 0.00000225. The van der Waals surface area contributed by atoms with Crippen LogP contribution in [0.15, 0.2) is 41.3 Å². The minimum Gasteiger partial charge on any atom is -0.744 e. The van der Waals surface area contributed by atoms with Crippen LogP contribution in [0.25, 0.3) is 16.7 Å². The average molecular weight is 369 g/mol. The molecule has 3 rings (SSSR count). The van der Waals surface area contributed by atoms with Crippen molar-refractivity contribution in [1.29, 1.82) is 0 Å². The number of hydrogen-bond acceptors (Lipinski definition) is 6. The van der Waals surface area contributed by atoms with E-state index in [2.05, 4.69) is 10.3 Å². The molecule has 0 unspecified atom stereocenters. The Morgan fingerprint density at radius 3 is 2.60 bits per heavy atom. The molecule has 2 aromatic carbocycles. The third-order valence-electron chi connectivity index (χ3n) is 3.83. The molecule has 9 heteroatoms. The molecule has 1 N–H and O–H groups in total. The van der Waals surface area contributed by atoms with E-state index in [4.69, 9.17) is 0 Å². The van der Waals surface area contributed by atoms with E-state index in [1.165, 1.54) is 16.8 Å². The number of fused-ring (bicyclic) bond motifs is 1. The van der Waals surface area contributed by atoms with Gasteiger partial charge in [-0.15, -0.1) is 5.10 Å². The summed E-state index contributed by atoms with van der Waals surface area (Å²) < 4.78 is 37.0. The van der Waals surface area contributed by atoms with Gasteiger partial charge in [0.15, 0.2) is 0 Å². The predicted molar refractivity (Wildman–Crippen MR) is 87.1 cm³/mol. The second kappa shape index (κ2) is 7.84. The van der Waals surface area contributed by atoms with E-state index in [1.807, 2.05) is 6.92 Å². The van der Waals surface area contributed by atoms with Crippen LogP contribution in [0.2, 0.25) is 0 Å². The second-order valence-electron chi connectivity index (χ2n) is 5.46. The maximum atomic E-state index is 11.9. The number of phenolic OH excluding ortho intramolecular Hbond substituents is 1. The SMILES string of the molecule is CCCCc1c(O)ccc(-n2nnc3ccccc32)c1S(=O)(=O)[O-].[Na+]. The number of para-hydroxylation sites is 1. The summed E-state index contributed by atoms with van der Waals surface area (Å²) in [5.74, 6) is -0.203. The molecule has 0 atom stereocenters. The fourth-order valence-electron chi connectivity index (χ4n) is 2.69. The summed E-state index contributed by atoms with van der Waals surface area (Å²) in [6, 6.07) is 9.78. The van der Waals surface area contributed by atoms with E-state index >= 15 is 0 Å². The average Bonchev–Trinajstić information content (AvgIpc) is 2.96. The topological polar surface area (TPSA) is 108 Å². The molecule has 0 aliphatic rings. The second-order valence-corrected chi connectivity index (χ2v) is 6.78. The Kier molecular flexibility index (Phi) is 6.23. The van der Waals surface area contributed by atoms with Gasteiger partial charge in [-0.3, -0.25) is 0 Å². The number of hydrogen-bond donors (Lipinski definition) is 1. The van der Waals surface area contributed by atoms with Gasteiger partial charge in [0, 0.05) is 5.56 Å². The van der Waals surface area contributed by atoms with E-state index in [9.17, 15) is 18.1 Å². The van der Waals surface area contributed by atoms with Crippen molar-refractivity contribution < 1.29 is 47.6 Å². The third-order valence-corrected chi connectivity index (χ3v) is 4.78. The first-order valence-electron chi connectivity index (χ1n) is 7.55. The molecule has 7 nitrogen and oxygen atoms in total. The van der Waals surface area contributed by atoms with Gasteiger partial charge in [0.1, 0.15) is 21.4 Å². The van der Waals surface area contributed by atoms with Crippen LogP contribution in [0.1, 0.15) is 25.3 Å².